The summed E-state index contributed by atoms with van der Waals surface area (Å²) >= 11 is 0. The maximum absolute atomic E-state index is 12.5. The molecule has 0 aliphatic heterocycles. The Morgan fingerprint density at radius 3 is 1.36 bits per heavy atom. The SMILES string of the molecule is CCCCOC(OCCCC)(OCCCC)C(=O)C(=O)CC. The van der Waals surface area contributed by atoms with Gasteiger partial charge in [0, 0.05) is 6.42 Å². The van der Waals surface area contributed by atoms with E-state index >= 15 is 0 Å². The lowest BCUT2D eigenvalue weighted by molar-refractivity contribution is -0.352. The third-order valence-corrected chi connectivity index (χ3v) is 3.22. The first kappa shape index (κ1) is 21.2. The number of carbonyl (C=O) groups excluding carboxylic acids is 2. The van der Waals surface area contributed by atoms with Crippen molar-refractivity contribution in [3.63, 3.8) is 0 Å². The number of carbonyl (C=O) groups is 2. The van der Waals surface area contributed by atoms with Crippen molar-refractivity contribution >= 4 is 11.6 Å². The van der Waals surface area contributed by atoms with Gasteiger partial charge in [0.1, 0.15) is 0 Å². The van der Waals surface area contributed by atoms with Crippen LogP contribution in [0.2, 0.25) is 0 Å². The minimum Gasteiger partial charge on any atom is -0.321 e. The Morgan fingerprint density at radius 1 is 0.727 bits per heavy atom. The zero-order valence-corrected chi connectivity index (χ0v) is 14.6. The molecular weight excluding hydrogens is 284 g/mol. The molecule has 0 aromatic rings. The van der Waals surface area contributed by atoms with E-state index in [1.54, 1.807) is 6.92 Å². The highest BCUT2D eigenvalue weighted by molar-refractivity contribution is 6.39. The molecule has 0 radical (unpaired) electrons. The Morgan fingerprint density at radius 2 is 1.09 bits per heavy atom. The maximum atomic E-state index is 12.5. The number of hydrogen-bond acceptors (Lipinski definition) is 5. The zero-order chi connectivity index (χ0) is 16.8. The maximum Gasteiger partial charge on any atom is 0.354 e. The van der Waals surface area contributed by atoms with Crippen molar-refractivity contribution in [1.82, 2.24) is 0 Å². The quantitative estimate of drug-likeness (QED) is 0.262. The van der Waals surface area contributed by atoms with Gasteiger partial charge < -0.3 is 14.2 Å². The Bertz CT molecular complexity index is 288. The molecular formula is C17H32O5. The van der Waals surface area contributed by atoms with Gasteiger partial charge in [-0.3, -0.25) is 9.59 Å². The Labute approximate surface area is 134 Å². The van der Waals surface area contributed by atoms with E-state index < -0.39 is 17.5 Å². The second-order valence-corrected chi connectivity index (χ2v) is 5.27. The molecule has 5 heteroatoms. The molecule has 0 atom stereocenters. The molecule has 22 heavy (non-hydrogen) atoms. The van der Waals surface area contributed by atoms with Crippen LogP contribution < -0.4 is 0 Å². The molecule has 5 nitrogen and oxygen atoms in total. The number of ether oxygens (including phenoxy) is 3. The molecule has 0 amide bonds. The number of unbranched alkanes of at least 4 members (excludes halogenated alkanes) is 3. The largest absolute Gasteiger partial charge is 0.354 e. The zero-order valence-electron chi connectivity index (χ0n) is 14.6. The highest BCUT2D eigenvalue weighted by atomic mass is 16.9. The van der Waals surface area contributed by atoms with Crippen LogP contribution in [0, 0.1) is 0 Å². The third-order valence-electron chi connectivity index (χ3n) is 3.22. The number of ketones is 2. The summed E-state index contributed by atoms with van der Waals surface area (Å²) in [4.78, 5) is 24.3. The van der Waals surface area contributed by atoms with Crippen molar-refractivity contribution in [3.8, 4) is 0 Å². The van der Waals surface area contributed by atoms with E-state index in [2.05, 4.69) is 0 Å². The van der Waals surface area contributed by atoms with Crippen molar-refractivity contribution in [3.05, 3.63) is 0 Å². The summed E-state index contributed by atoms with van der Waals surface area (Å²) in [6, 6.07) is 0. The third kappa shape index (κ3) is 7.47. The van der Waals surface area contributed by atoms with Gasteiger partial charge in [0.15, 0.2) is 0 Å². The van der Waals surface area contributed by atoms with Gasteiger partial charge in [0.05, 0.1) is 19.8 Å². The van der Waals surface area contributed by atoms with Gasteiger partial charge in [-0.1, -0.05) is 47.0 Å². The highest BCUT2D eigenvalue weighted by Gasteiger charge is 2.45. The standard InChI is InChI=1S/C17H32O5/c1-5-9-12-20-17(21-13-10-6-2,22-14-11-7-3)16(19)15(18)8-4/h5-14H2,1-4H3. The van der Waals surface area contributed by atoms with E-state index in [0.717, 1.165) is 38.5 Å². The van der Waals surface area contributed by atoms with Gasteiger partial charge in [0.25, 0.3) is 5.78 Å². The normalized spacial score (nSPS) is 11.6. The first-order valence-corrected chi connectivity index (χ1v) is 8.57. The predicted octanol–water partition coefficient (Wildman–Crippen LogP) is 3.64. The molecule has 130 valence electrons. The monoisotopic (exact) mass is 316 g/mol. The van der Waals surface area contributed by atoms with Gasteiger partial charge >= 0.3 is 5.97 Å². The van der Waals surface area contributed by atoms with E-state index in [0.29, 0.717) is 19.8 Å². The van der Waals surface area contributed by atoms with Gasteiger partial charge in [-0.05, 0) is 19.3 Å². The summed E-state index contributed by atoms with van der Waals surface area (Å²) in [7, 11) is 0. The molecule has 0 rings (SSSR count). The summed E-state index contributed by atoms with van der Waals surface area (Å²) in [6.45, 7) is 8.72. The summed E-state index contributed by atoms with van der Waals surface area (Å²) in [5.41, 5.74) is 0. The van der Waals surface area contributed by atoms with Crippen molar-refractivity contribution in [1.29, 1.82) is 0 Å². The summed E-state index contributed by atoms with van der Waals surface area (Å²) in [5, 5.41) is 0. The Balaban J connectivity index is 5.08. The van der Waals surface area contributed by atoms with Crippen LogP contribution in [0.25, 0.3) is 0 Å². The molecule has 0 unspecified atom stereocenters. The molecule has 0 saturated carbocycles. The lowest BCUT2D eigenvalue weighted by atomic mass is 10.1. The Kier molecular flexibility index (Phi) is 12.3. The molecule has 0 aliphatic carbocycles. The van der Waals surface area contributed by atoms with Crippen LogP contribution in [0.3, 0.4) is 0 Å². The van der Waals surface area contributed by atoms with Crippen molar-refractivity contribution in [2.24, 2.45) is 0 Å². The molecule has 0 aliphatic rings. The van der Waals surface area contributed by atoms with Gasteiger partial charge in [-0.25, -0.2) is 0 Å². The summed E-state index contributed by atoms with van der Waals surface area (Å²) < 4.78 is 16.9. The highest BCUT2D eigenvalue weighted by Crippen LogP contribution is 2.21. The number of rotatable bonds is 15. The minimum atomic E-state index is -1.85. The average Bonchev–Trinajstić information content (AvgIpc) is 2.53. The van der Waals surface area contributed by atoms with Crippen molar-refractivity contribution in [2.45, 2.75) is 78.6 Å². The fourth-order valence-electron chi connectivity index (χ4n) is 1.71. The fourth-order valence-corrected chi connectivity index (χ4v) is 1.71. The lowest BCUT2D eigenvalue weighted by Gasteiger charge is -2.31. The lowest BCUT2D eigenvalue weighted by Crippen LogP contribution is -2.51. The van der Waals surface area contributed by atoms with Crippen LogP contribution >= 0.6 is 0 Å². The average molecular weight is 316 g/mol. The van der Waals surface area contributed by atoms with E-state index in [1.165, 1.54) is 0 Å². The minimum absolute atomic E-state index is 0.117. The molecule has 0 heterocycles. The molecule has 0 aromatic heterocycles. The van der Waals surface area contributed by atoms with Crippen LogP contribution in [0.1, 0.15) is 72.6 Å². The van der Waals surface area contributed by atoms with Crippen LogP contribution in [-0.2, 0) is 23.8 Å². The molecule has 0 bridgehead atoms. The van der Waals surface area contributed by atoms with Crippen LogP contribution in [0.4, 0.5) is 0 Å². The van der Waals surface area contributed by atoms with Crippen LogP contribution in [0.5, 0.6) is 0 Å². The van der Waals surface area contributed by atoms with Gasteiger partial charge in [0.2, 0.25) is 5.78 Å². The second-order valence-electron chi connectivity index (χ2n) is 5.27. The number of hydrogen-bond donors (Lipinski definition) is 0. The second kappa shape index (κ2) is 12.7. The van der Waals surface area contributed by atoms with E-state index in [4.69, 9.17) is 14.2 Å². The van der Waals surface area contributed by atoms with Crippen LogP contribution in [0.15, 0.2) is 0 Å². The smallest absolute Gasteiger partial charge is 0.321 e. The molecule has 0 aromatic carbocycles. The fraction of sp³-hybridized carbons (Fsp3) is 0.882. The first-order valence-electron chi connectivity index (χ1n) is 8.57. The van der Waals surface area contributed by atoms with E-state index in [9.17, 15) is 9.59 Å². The summed E-state index contributed by atoms with van der Waals surface area (Å²) in [6.07, 6.45) is 5.24. The molecule has 0 N–H and O–H groups in total. The van der Waals surface area contributed by atoms with Crippen molar-refractivity contribution < 1.29 is 23.8 Å². The first-order chi connectivity index (χ1) is 10.6. The molecule has 0 spiro atoms. The predicted molar refractivity (Wildman–Crippen MR) is 85.6 cm³/mol. The topological polar surface area (TPSA) is 61.8 Å². The van der Waals surface area contributed by atoms with E-state index in [-0.39, 0.29) is 6.42 Å². The molecule has 0 saturated heterocycles. The van der Waals surface area contributed by atoms with Gasteiger partial charge in [-0.2, -0.15) is 0 Å². The van der Waals surface area contributed by atoms with Crippen LogP contribution in [-0.4, -0.2) is 37.4 Å². The molecule has 0 fully saturated rings. The van der Waals surface area contributed by atoms with Gasteiger partial charge in [-0.15, -0.1) is 0 Å². The summed E-state index contributed by atoms with van der Waals surface area (Å²) in [5.74, 6) is -3.10. The Hall–Kier alpha value is -0.780. The number of Topliss-reactive ketones (excluding diaryl/α,β-unsaturated/α-hetero) is 2. The van der Waals surface area contributed by atoms with E-state index in [1.807, 2.05) is 20.8 Å². The van der Waals surface area contributed by atoms with Crippen molar-refractivity contribution in [2.75, 3.05) is 19.8 Å².